The van der Waals surface area contributed by atoms with Gasteiger partial charge in [-0.05, 0) is 24.3 Å². The maximum Gasteiger partial charge on any atom is 0.337 e. The first-order valence-corrected chi connectivity index (χ1v) is 6.83. The predicted molar refractivity (Wildman–Crippen MR) is 73.7 cm³/mol. The summed E-state index contributed by atoms with van der Waals surface area (Å²) in [6, 6.07) is 14.8. The highest BCUT2D eigenvalue weighted by Gasteiger charge is 2.21. The van der Waals surface area contributed by atoms with Crippen LogP contribution in [-0.4, -0.2) is 0 Å². The lowest BCUT2D eigenvalue weighted by molar-refractivity contribution is 0.595. The van der Waals surface area contributed by atoms with Crippen LogP contribution in [0.4, 0.5) is 0 Å². The van der Waals surface area contributed by atoms with Gasteiger partial charge in [-0.2, -0.15) is 0 Å². The van der Waals surface area contributed by atoms with Crippen LogP contribution >= 0.6 is 31.7 Å². The van der Waals surface area contributed by atoms with E-state index in [4.69, 9.17) is 23.2 Å². The van der Waals surface area contributed by atoms with Gasteiger partial charge in [0.05, 0.1) is 0 Å². The molecule has 0 N–H and O–H groups in total. The molecule has 0 aliphatic carbocycles. The van der Waals surface area contributed by atoms with Crippen LogP contribution in [0, 0.1) is 0 Å². The van der Waals surface area contributed by atoms with E-state index in [0.29, 0.717) is 10.0 Å². The van der Waals surface area contributed by atoms with E-state index >= 15 is 0 Å². The molecule has 17 heavy (non-hydrogen) atoms. The minimum Gasteiger partial charge on any atom is -0.0843 e. The van der Waals surface area contributed by atoms with Crippen LogP contribution in [0.5, 0.6) is 0 Å². The second kappa shape index (κ2) is 5.64. The molecular weight excluding hydrogens is 274 g/mol. The molecule has 0 amide bonds. The van der Waals surface area contributed by atoms with Crippen molar-refractivity contribution in [2.45, 2.75) is 5.66 Å². The Morgan fingerprint density at radius 2 is 1.35 bits per heavy atom. The summed E-state index contributed by atoms with van der Waals surface area (Å²) in [6.07, 6.45) is 0. The predicted octanol–water partition coefficient (Wildman–Crippen LogP) is 5.11. The number of benzene rings is 2. The van der Waals surface area contributed by atoms with Crippen LogP contribution in [0.2, 0.25) is 10.0 Å². The summed E-state index contributed by atoms with van der Waals surface area (Å²) in [5, 5.41) is 1.29. The lowest BCUT2D eigenvalue weighted by Gasteiger charge is -2.05. The molecule has 0 aliphatic heterocycles. The molecule has 1 atom stereocenters. The molecular formula is C13H10Cl2OP+. The molecule has 1 nitrogen and oxygen atoms in total. The molecule has 0 radical (unpaired) electrons. The largest absolute Gasteiger partial charge is 0.337 e. The molecule has 0 bridgehead atoms. The molecule has 0 spiro atoms. The fourth-order valence-corrected chi connectivity index (χ4v) is 2.73. The highest BCUT2D eigenvalue weighted by molar-refractivity contribution is 7.24. The van der Waals surface area contributed by atoms with E-state index in [1.807, 2.05) is 36.4 Å². The first-order chi connectivity index (χ1) is 8.20. The van der Waals surface area contributed by atoms with Crippen LogP contribution in [-0.2, 0) is 4.57 Å². The summed E-state index contributed by atoms with van der Waals surface area (Å²) in [7, 11) is -0.471. The summed E-state index contributed by atoms with van der Waals surface area (Å²) < 4.78 is 11.4. The molecule has 0 aromatic heterocycles. The van der Waals surface area contributed by atoms with Crippen LogP contribution in [0.1, 0.15) is 16.8 Å². The second-order valence-electron chi connectivity index (χ2n) is 3.66. The SMILES string of the molecule is O=[PH+]C(c1cccc(Cl)c1)c1cccc(Cl)c1. The van der Waals surface area contributed by atoms with Gasteiger partial charge in [-0.3, -0.25) is 0 Å². The van der Waals surface area contributed by atoms with Gasteiger partial charge in [0.25, 0.3) is 0 Å². The van der Waals surface area contributed by atoms with Crippen molar-refractivity contribution in [1.29, 1.82) is 0 Å². The zero-order valence-electron chi connectivity index (χ0n) is 8.86. The van der Waals surface area contributed by atoms with Crippen molar-refractivity contribution in [3.05, 3.63) is 69.7 Å². The Labute approximate surface area is 112 Å². The minimum atomic E-state index is -0.471. The molecule has 0 saturated heterocycles. The highest BCUT2D eigenvalue weighted by Crippen LogP contribution is 2.36. The van der Waals surface area contributed by atoms with E-state index in [9.17, 15) is 4.57 Å². The normalized spacial score (nSPS) is 11.0. The first kappa shape index (κ1) is 12.6. The Balaban J connectivity index is 2.43. The number of hydrogen-bond donors (Lipinski definition) is 0. The van der Waals surface area contributed by atoms with Crippen molar-refractivity contribution in [1.82, 2.24) is 0 Å². The van der Waals surface area contributed by atoms with Crippen molar-refractivity contribution in [3.8, 4) is 0 Å². The molecule has 0 heterocycles. The summed E-state index contributed by atoms with van der Waals surface area (Å²) in [5.74, 6) is 0. The van der Waals surface area contributed by atoms with E-state index in [1.165, 1.54) is 0 Å². The summed E-state index contributed by atoms with van der Waals surface area (Å²) in [4.78, 5) is 0. The third-order valence-electron chi connectivity index (χ3n) is 2.48. The molecule has 86 valence electrons. The summed E-state index contributed by atoms with van der Waals surface area (Å²) in [5.41, 5.74) is 1.70. The molecule has 4 heteroatoms. The zero-order chi connectivity index (χ0) is 12.3. The molecule has 2 rings (SSSR count). The van der Waals surface area contributed by atoms with Crippen molar-refractivity contribution in [2.24, 2.45) is 0 Å². The maximum atomic E-state index is 11.4. The van der Waals surface area contributed by atoms with Crippen molar-refractivity contribution in [3.63, 3.8) is 0 Å². The van der Waals surface area contributed by atoms with E-state index in [2.05, 4.69) is 0 Å². The van der Waals surface area contributed by atoms with Crippen LogP contribution in [0.3, 0.4) is 0 Å². The summed E-state index contributed by atoms with van der Waals surface area (Å²) >= 11 is 11.9. The first-order valence-electron chi connectivity index (χ1n) is 5.09. The Bertz CT molecular complexity index is 497. The van der Waals surface area contributed by atoms with Gasteiger partial charge < -0.3 is 0 Å². The highest BCUT2D eigenvalue weighted by atomic mass is 35.5. The lowest BCUT2D eigenvalue weighted by Crippen LogP contribution is -1.93. The monoisotopic (exact) mass is 283 g/mol. The average molecular weight is 284 g/mol. The van der Waals surface area contributed by atoms with Gasteiger partial charge in [0.2, 0.25) is 5.66 Å². The third-order valence-corrected chi connectivity index (χ3v) is 3.85. The Kier molecular flexibility index (Phi) is 4.17. The van der Waals surface area contributed by atoms with E-state index in [0.717, 1.165) is 11.1 Å². The van der Waals surface area contributed by atoms with E-state index in [1.54, 1.807) is 12.1 Å². The Morgan fingerprint density at radius 3 is 1.71 bits per heavy atom. The quantitative estimate of drug-likeness (QED) is 0.716. The standard InChI is InChI=1S/C13H9Cl2OP/c14-11-5-1-3-9(7-11)13(17-16)10-4-2-6-12(15)8-10/h1-8,13H/p+1. The molecule has 1 unspecified atom stereocenters. The van der Waals surface area contributed by atoms with Crippen LogP contribution in [0.15, 0.2) is 48.5 Å². The lowest BCUT2D eigenvalue weighted by atomic mass is 10.0. The summed E-state index contributed by atoms with van der Waals surface area (Å²) in [6.45, 7) is 0. The third kappa shape index (κ3) is 3.07. The maximum absolute atomic E-state index is 11.4. The van der Waals surface area contributed by atoms with Gasteiger partial charge in [-0.15, -0.1) is 0 Å². The van der Waals surface area contributed by atoms with E-state index in [-0.39, 0.29) is 5.66 Å². The van der Waals surface area contributed by atoms with Gasteiger partial charge in [0, 0.05) is 21.2 Å². The van der Waals surface area contributed by atoms with E-state index < -0.39 is 8.46 Å². The zero-order valence-corrected chi connectivity index (χ0v) is 11.4. The van der Waals surface area contributed by atoms with Crippen LogP contribution < -0.4 is 0 Å². The number of hydrogen-bond acceptors (Lipinski definition) is 1. The van der Waals surface area contributed by atoms with Crippen molar-refractivity contribution in [2.75, 3.05) is 0 Å². The molecule has 0 fully saturated rings. The van der Waals surface area contributed by atoms with Gasteiger partial charge in [-0.25, -0.2) is 0 Å². The number of halogens is 2. The van der Waals surface area contributed by atoms with Gasteiger partial charge in [0.1, 0.15) is 0 Å². The van der Waals surface area contributed by atoms with Crippen LogP contribution in [0.25, 0.3) is 0 Å². The van der Waals surface area contributed by atoms with Gasteiger partial charge >= 0.3 is 8.46 Å². The Morgan fingerprint density at radius 1 is 0.882 bits per heavy atom. The van der Waals surface area contributed by atoms with Crippen molar-refractivity contribution < 1.29 is 4.57 Å². The number of rotatable bonds is 3. The fraction of sp³-hybridized carbons (Fsp3) is 0.0769. The smallest absolute Gasteiger partial charge is 0.0843 e. The van der Waals surface area contributed by atoms with Gasteiger partial charge in [-0.1, -0.05) is 52.0 Å². The minimum absolute atomic E-state index is 0.174. The fourth-order valence-electron chi connectivity index (χ4n) is 1.70. The molecule has 0 aliphatic rings. The second-order valence-corrected chi connectivity index (χ2v) is 5.35. The molecule has 0 saturated carbocycles. The Hall–Kier alpha value is -0.880. The van der Waals surface area contributed by atoms with Crippen molar-refractivity contribution >= 4 is 31.7 Å². The topological polar surface area (TPSA) is 17.1 Å². The average Bonchev–Trinajstić information content (AvgIpc) is 2.30. The molecule has 2 aromatic carbocycles. The van der Waals surface area contributed by atoms with Gasteiger partial charge in [0.15, 0.2) is 0 Å². The molecule has 2 aromatic rings.